The minimum absolute atomic E-state index is 1.02. The molecule has 0 spiro atoms. The SMILES string of the molecule is c1ccc([Si](c2ccccc2)(c2ccccc2)c2ccc(-c3ccc(-c4nc5ccccc5c5c4ccc4ccccc45)cc3)cc2)cc1. The van der Waals surface area contributed by atoms with Gasteiger partial charge in [0.25, 0.3) is 0 Å². The number of rotatable bonds is 6. The number of nitrogens with zero attached hydrogens (tertiary/aromatic N) is 1. The number of aromatic nitrogens is 1. The number of fused-ring (bicyclic) bond motifs is 5. The van der Waals surface area contributed by atoms with E-state index in [2.05, 4.69) is 200 Å². The van der Waals surface area contributed by atoms with Crippen LogP contribution in [0.1, 0.15) is 0 Å². The standard InChI is InChI=1S/C47H33NSi/c1-4-15-38(16-5-1)49(39-17-6-2-7-18-39,40-19-8-3-9-20-40)41-31-28-35(29-32-41)34-24-26-37(27-25-34)47-44-33-30-36-14-10-11-21-42(36)46(44)43-22-12-13-23-45(43)48-47/h1-33H. The highest BCUT2D eigenvalue weighted by atomic mass is 28.3. The van der Waals surface area contributed by atoms with Gasteiger partial charge in [-0.25, -0.2) is 4.98 Å². The van der Waals surface area contributed by atoms with Crippen LogP contribution in [0.4, 0.5) is 0 Å². The minimum atomic E-state index is -2.55. The Kier molecular flexibility index (Phi) is 7.22. The lowest BCUT2D eigenvalue weighted by molar-refractivity contribution is 1.43. The summed E-state index contributed by atoms with van der Waals surface area (Å²) in [4.78, 5) is 5.21. The van der Waals surface area contributed by atoms with Crippen molar-refractivity contribution < 1.29 is 0 Å². The number of pyridine rings is 1. The van der Waals surface area contributed by atoms with Crippen molar-refractivity contribution in [3.8, 4) is 22.4 Å². The van der Waals surface area contributed by atoms with Gasteiger partial charge in [0.2, 0.25) is 0 Å². The minimum Gasteiger partial charge on any atom is -0.247 e. The second-order valence-electron chi connectivity index (χ2n) is 12.7. The molecule has 8 aromatic carbocycles. The van der Waals surface area contributed by atoms with Crippen LogP contribution in [0, 0.1) is 0 Å². The van der Waals surface area contributed by atoms with E-state index in [4.69, 9.17) is 4.98 Å². The fraction of sp³-hybridized carbons (Fsp3) is 0. The summed E-state index contributed by atoms with van der Waals surface area (Å²) in [5.74, 6) is 0. The van der Waals surface area contributed by atoms with Gasteiger partial charge in [0.05, 0.1) is 11.2 Å². The molecule has 230 valence electrons. The smallest absolute Gasteiger partial charge is 0.179 e. The topological polar surface area (TPSA) is 12.9 Å². The van der Waals surface area contributed by atoms with Crippen molar-refractivity contribution in [3.05, 3.63) is 200 Å². The van der Waals surface area contributed by atoms with Gasteiger partial charge in [-0.1, -0.05) is 194 Å². The van der Waals surface area contributed by atoms with Crippen molar-refractivity contribution in [3.63, 3.8) is 0 Å². The highest BCUT2D eigenvalue weighted by molar-refractivity contribution is 7.19. The van der Waals surface area contributed by atoms with Crippen molar-refractivity contribution in [1.82, 2.24) is 4.98 Å². The monoisotopic (exact) mass is 639 g/mol. The zero-order valence-corrected chi connectivity index (χ0v) is 28.0. The number of para-hydroxylation sites is 1. The van der Waals surface area contributed by atoms with Crippen molar-refractivity contribution in [2.24, 2.45) is 0 Å². The molecule has 0 unspecified atom stereocenters. The van der Waals surface area contributed by atoms with Gasteiger partial charge in [-0.3, -0.25) is 0 Å². The Labute approximate surface area is 287 Å². The normalized spacial score (nSPS) is 11.7. The summed E-state index contributed by atoms with van der Waals surface area (Å²) in [6.45, 7) is 0. The first-order chi connectivity index (χ1) is 24.3. The van der Waals surface area contributed by atoms with Gasteiger partial charge in [-0.15, -0.1) is 0 Å². The second-order valence-corrected chi connectivity index (χ2v) is 16.5. The quantitative estimate of drug-likeness (QED) is 0.100. The van der Waals surface area contributed by atoms with E-state index in [9.17, 15) is 0 Å². The number of hydrogen-bond acceptors (Lipinski definition) is 1. The average molecular weight is 640 g/mol. The molecule has 1 aromatic heterocycles. The third-order valence-electron chi connectivity index (χ3n) is 10.0. The largest absolute Gasteiger partial charge is 0.247 e. The van der Waals surface area contributed by atoms with Gasteiger partial charge in [0.15, 0.2) is 8.07 Å². The number of hydrogen-bond donors (Lipinski definition) is 0. The highest BCUT2D eigenvalue weighted by Gasteiger charge is 2.41. The fourth-order valence-corrected chi connectivity index (χ4v) is 12.5. The average Bonchev–Trinajstić information content (AvgIpc) is 3.19. The Morgan fingerprint density at radius 3 is 1.35 bits per heavy atom. The Hall–Kier alpha value is -6.09. The molecule has 9 aromatic rings. The summed E-state index contributed by atoms with van der Waals surface area (Å²) in [5, 5.41) is 11.7. The van der Waals surface area contributed by atoms with E-state index < -0.39 is 8.07 Å². The van der Waals surface area contributed by atoms with E-state index in [0.29, 0.717) is 0 Å². The number of benzene rings is 8. The van der Waals surface area contributed by atoms with E-state index >= 15 is 0 Å². The third-order valence-corrected chi connectivity index (χ3v) is 14.8. The highest BCUT2D eigenvalue weighted by Crippen LogP contribution is 2.37. The Morgan fingerprint density at radius 1 is 0.306 bits per heavy atom. The van der Waals surface area contributed by atoms with Crippen LogP contribution >= 0.6 is 0 Å². The van der Waals surface area contributed by atoms with Crippen LogP contribution in [0.2, 0.25) is 0 Å². The van der Waals surface area contributed by atoms with E-state index in [1.54, 1.807) is 0 Å². The first-order valence-electron chi connectivity index (χ1n) is 16.9. The summed E-state index contributed by atoms with van der Waals surface area (Å²) in [6, 6.07) is 73.2. The van der Waals surface area contributed by atoms with Crippen LogP contribution in [-0.4, -0.2) is 13.1 Å². The van der Waals surface area contributed by atoms with Crippen LogP contribution in [0.25, 0.3) is 54.8 Å². The molecule has 0 fully saturated rings. The summed E-state index contributed by atoms with van der Waals surface area (Å²) >= 11 is 0. The Morgan fingerprint density at radius 2 is 0.755 bits per heavy atom. The molecule has 0 aliphatic rings. The Balaban J connectivity index is 1.15. The fourth-order valence-electron chi connectivity index (χ4n) is 7.74. The first-order valence-corrected chi connectivity index (χ1v) is 18.9. The molecule has 9 rings (SSSR count). The summed E-state index contributed by atoms with van der Waals surface area (Å²) in [5.41, 5.74) is 5.55. The first kappa shape index (κ1) is 29.1. The molecule has 0 N–H and O–H groups in total. The molecule has 0 saturated carbocycles. The van der Waals surface area contributed by atoms with Gasteiger partial charge >= 0.3 is 0 Å². The molecule has 0 atom stereocenters. The maximum atomic E-state index is 5.21. The van der Waals surface area contributed by atoms with Crippen LogP contribution in [-0.2, 0) is 0 Å². The maximum Gasteiger partial charge on any atom is 0.179 e. The summed E-state index contributed by atoms with van der Waals surface area (Å²) in [7, 11) is -2.55. The lowest BCUT2D eigenvalue weighted by Gasteiger charge is -2.34. The maximum absolute atomic E-state index is 5.21. The van der Waals surface area contributed by atoms with E-state index in [1.807, 2.05) is 0 Å². The van der Waals surface area contributed by atoms with Crippen LogP contribution < -0.4 is 20.7 Å². The molecule has 0 aliphatic heterocycles. The molecule has 0 amide bonds. The zero-order valence-electron chi connectivity index (χ0n) is 27.0. The molecule has 0 saturated heterocycles. The molecule has 1 nitrogen and oxygen atoms in total. The van der Waals surface area contributed by atoms with Crippen LogP contribution in [0.5, 0.6) is 0 Å². The molecule has 1 heterocycles. The lowest BCUT2D eigenvalue weighted by atomic mass is 9.94. The summed E-state index contributed by atoms with van der Waals surface area (Å²) in [6.07, 6.45) is 0. The van der Waals surface area contributed by atoms with Crippen LogP contribution in [0.3, 0.4) is 0 Å². The predicted octanol–water partition coefficient (Wildman–Crippen LogP) is 9.25. The van der Waals surface area contributed by atoms with Crippen molar-refractivity contribution in [2.45, 2.75) is 0 Å². The van der Waals surface area contributed by atoms with E-state index in [1.165, 1.54) is 58.8 Å². The van der Waals surface area contributed by atoms with Crippen LogP contribution in [0.15, 0.2) is 200 Å². The molecular weight excluding hydrogens is 607 g/mol. The van der Waals surface area contributed by atoms with Gasteiger partial charge in [0, 0.05) is 21.7 Å². The molecule has 2 heteroatoms. The van der Waals surface area contributed by atoms with E-state index in [0.717, 1.165) is 16.8 Å². The van der Waals surface area contributed by atoms with Crippen molar-refractivity contribution >= 4 is 61.3 Å². The van der Waals surface area contributed by atoms with Crippen molar-refractivity contribution in [2.75, 3.05) is 0 Å². The van der Waals surface area contributed by atoms with Gasteiger partial charge in [-0.05, 0) is 48.7 Å². The third kappa shape index (κ3) is 4.88. The predicted molar refractivity (Wildman–Crippen MR) is 211 cm³/mol. The molecule has 0 bridgehead atoms. The lowest BCUT2D eigenvalue weighted by Crippen LogP contribution is -2.74. The van der Waals surface area contributed by atoms with Gasteiger partial charge in [-0.2, -0.15) is 0 Å². The van der Waals surface area contributed by atoms with Gasteiger partial charge in [0.1, 0.15) is 0 Å². The van der Waals surface area contributed by atoms with Gasteiger partial charge < -0.3 is 0 Å². The molecule has 49 heavy (non-hydrogen) atoms. The van der Waals surface area contributed by atoms with E-state index in [-0.39, 0.29) is 0 Å². The molecule has 0 aliphatic carbocycles. The summed E-state index contributed by atoms with van der Waals surface area (Å²) < 4.78 is 0. The molecule has 0 radical (unpaired) electrons. The van der Waals surface area contributed by atoms with Crippen molar-refractivity contribution in [1.29, 1.82) is 0 Å². The Bertz CT molecular complexity index is 2450. The molecular formula is C47H33NSi. The zero-order chi connectivity index (χ0) is 32.6. The second kappa shape index (κ2) is 12.2.